The third-order valence-corrected chi connectivity index (χ3v) is 7.31. The maximum Gasteiger partial charge on any atom is 0.287 e. The molecule has 0 spiro atoms. The maximum absolute atomic E-state index is 13.3. The number of amides is 2. The molecule has 1 aromatic heterocycles. The van der Waals surface area contributed by atoms with Crippen molar-refractivity contribution in [3.63, 3.8) is 0 Å². The molecule has 1 saturated heterocycles. The van der Waals surface area contributed by atoms with E-state index in [1.165, 1.54) is 0 Å². The lowest BCUT2D eigenvalue weighted by Crippen LogP contribution is -2.58. The van der Waals surface area contributed by atoms with Gasteiger partial charge in [0, 0.05) is 41.1 Å². The third kappa shape index (κ3) is 5.35. The first kappa shape index (κ1) is 26.0. The van der Waals surface area contributed by atoms with Crippen LogP contribution in [0.1, 0.15) is 56.7 Å². The number of hydrogen-bond acceptors (Lipinski definition) is 4. The zero-order valence-electron chi connectivity index (χ0n) is 21.2. The summed E-state index contributed by atoms with van der Waals surface area (Å²) in [5.74, 6) is 0.363. The van der Waals surface area contributed by atoms with Gasteiger partial charge in [0.2, 0.25) is 5.91 Å². The second kappa shape index (κ2) is 9.75. The van der Waals surface area contributed by atoms with Crippen LogP contribution < -0.4 is 5.32 Å². The van der Waals surface area contributed by atoms with Crippen molar-refractivity contribution in [1.29, 1.82) is 0 Å². The summed E-state index contributed by atoms with van der Waals surface area (Å²) in [6.45, 7) is 8.40. The number of rotatable bonds is 6. The first-order chi connectivity index (χ1) is 16.9. The van der Waals surface area contributed by atoms with Gasteiger partial charge >= 0.3 is 0 Å². The molecule has 2 aromatic carbocycles. The molecule has 36 heavy (non-hydrogen) atoms. The highest BCUT2D eigenvalue weighted by atomic mass is 35.5. The fourth-order valence-corrected chi connectivity index (χ4v) is 5.04. The first-order valence-electron chi connectivity index (χ1n) is 12.1. The largest absolute Gasteiger partial charge is 0.451 e. The standard InChI is InChI=1S/C29H33ClN2O4/c1-27(2)19-32(17-16-29(27,35)21-10-12-22(30)13-11-21)25(33)18-28(3,4)31-26(34)24-15-14-23(36-24)20-8-6-5-7-9-20/h5-15,35H,16-19H2,1-4H3,(H,31,34)/t29-/m0/s1. The Bertz CT molecular complexity index is 1230. The summed E-state index contributed by atoms with van der Waals surface area (Å²) in [7, 11) is 0. The Balaban J connectivity index is 1.39. The number of nitrogens with one attached hydrogen (secondary N) is 1. The van der Waals surface area contributed by atoms with Crippen LogP contribution in [-0.2, 0) is 10.4 Å². The van der Waals surface area contributed by atoms with Gasteiger partial charge in [0.15, 0.2) is 5.76 Å². The Hall–Kier alpha value is -3.09. The summed E-state index contributed by atoms with van der Waals surface area (Å²) in [6, 6.07) is 20.2. The van der Waals surface area contributed by atoms with Crippen molar-refractivity contribution in [3.05, 3.63) is 83.1 Å². The van der Waals surface area contributed by atoms with Gasteiger partial charge in [-0.15, -0.1) is 0 Å². The monoisotopic (exact) mass is 508 g/mol. The molecule has 1 aliphatic rings. The number of nitrogens with zero attached hydrogens (tertiary/aromatic N) is 1. The second-order valence-corrected chi connectivity index (χ2v) is 11.3. The van der Waals surface area contributed by atoms with Crippen LogP contribution >= 0.6 is 11.6 Å². The zero-order valence-corrected chi connectivity index (χ0v) is 21.9. The Kier molecular flexibility index (Phi) is 7.04. The molecule has 3 aromatic rings. The van der Waals surface area contributed by atoms with Crippen LogP contribution in [0.3, 0.4) is 0 Å². The van der Waals surface area contributed by atoms with E-state index in [9.17, 15) is 14.7 Å². The average Bonchev–Trinajstić information content (AvgIpc) is 3.32. The molecule has 190 valence electrons. The minimum atomic E-state index is -1.08. The molecule has 0 aliphatic carbocycles. The van der Waals surface area contributed by atoms with E-state index in [0.717, 1.165) is 11.1 Å². The van der Waals surface area contributed by atoms with Gasteiger partial charge in [-0.2, -0.15) is 0 Å². The number of furan rings is 1. The van der Waals surface area contributed by atoms with E-state index in [2.05, 4.69) is 5.32 Å². The molecule has 0 radical (unpaired) electrons. The van der Waals surface area contributed by atoms with Gasteiger partial charge in [-0.1, -0.05) is 67.9 Å². The van der Waals surface area contributed by atoms with Crippen molar-refractivity contribution in [3.8, 4) is 11.3 Å². The van der Waals surface area contributed by atoms with Crippen molar-refractivity contribution in [2.75, 3.05) is 13.1 Å². The zero-order chi connectivity index (χ0) is 26.1. The summed E-state index contributed by atoms with van der Waals surface area (Å²) >= 11 is 6.03. The predicted octanol–water partition coefficient (Wildman–Crippen LogP) is 5.64. The Labute approximate surface area is 217 Å². The maximum atomic E-state index is 13.3. The minimum Gasteiger partial charge on any atom is -0.451 e. The number of hydrogen-bond donors (Lipinski definition) is 2. The summed E-state index contributed by atoms with van der Waals surface area (Å²) in [5.41, 5.74) is -0.762. The molecule has 0 unspecified atom stereocenters. The average molecular weight is 509 g/mol. The van der Waals surface area contributed by atoms with Crippen LogP contribution in [0.2, 0.25) is 5.02 Å². The fraction of sp³-hybridized carbons (Fsp3) is 0.379. The topological polar surface area (TPSA) is 82.8 Å². The molecule has 0 saturated carbocycles. The minimum absolute atomic E-state index is 0.0732. The molecule has 2 amide bonds. The number of carbonyl (C=O) groups excluding carboxylic acids is 2. The van der Waals surface area contributed by atoms with E-state index >= 15 is 0 Å². The SMILES string of the molecule is CC(C)(CC(=O)N1CC[C@](O)(c2ccc(Cl)cc2)C(C)(C)C1)NC(=O)c1ccc(-c2ccccc2)o1. The van der Waals surface area contributed by atoms with E-state index in [4.69, 9.17) is 16.0 Å². The van der Waals surface area contributed by atoms with Crippen molar-refractivity contribution >= 4 is 23.4 Å². The van der Waals surface area contributed by atoms with Crippen LogP contribution in [0.4, 0.5) is 0 Å². The number of halogens is 1. The molecule has 0 bridgehead atoms. The second-order valence-electron chi connectivity index (χ2n) is 10.9. The summed E-state index contributed by atoms with van der Waals surface area (Å²) < 4.78 is 5.75. The highest BCUT2D eigenvalue weighted by Gasteiger charge is 2.49. The molecule has 1 atom stereocenters. The van der Waals surface area contributed by atoms with Gasteiger partial charge in [0.25, 0.3) is 5.91 Å². The van der Waals surface area contributed by atoms with E-state index in [-0.39, 0.29) is 24.0 Å². The quantitative estimate of drug-likeness (QED) is 0.451. The van der Waals surface area contributed by atoms with Gasteiger partial charge in [-0.05, 0) is 50.1 Å². The van der Waals surface area contributed by atoms with E-state index in [1.807, 2.05) is 70.2 Å². The summed E-state index contributed by atoms with van der Waals surface area (Å²) in [5, 5.41) is 15.1. The van der Waals surface area contributed by atoms with Crippen molar-refractivity contribution in [2.24, 2.45) is 5.41 Å². The van der Waals surface area contributed by atoms with Crippen LogP contribution in [-0.4, -0.2) is 40.4 Å². The van der Waals surface area contributed by atoms with Gasteiger partial charge < -0.3 is 19.7 Å². The van der Waals surface area contributed by atoms with Gasteiger partial charge in [0.1, 0.15) is 5.76 Å². The van der Waals surface area contributed by atoms with Crippen molar-refractivity contribution in [1.82, 2.24) is 10.2 Å². The molecule has 7 heteroatoms. The number of carbonyl (C=O) groups is 2. The molecule has 1 fully saturated rings. The normalized spacial score (nSPS) is 19.7. The lowest BCUT2D eigenvalue weighted by atomic mass is 9.66. The highest BCUT2D eigenvalue weighted by molar-refractivity contribution is 6.30. The number of benzene rings is 2. The van der Waals surface area contributed by atoms with Crippen LogP contribution in [0.25, 0.3) is 11.3 Å². The van der Waals surface area contributed by atoms with Crippen molar-refractivity contribution < 1.29 is 19.1 Å². The molecule has 2 N–H and O–H groups in total. The van der Waals surface area contributed by atoms with Crippen LogP contribution in [0.5, 0.6) is 0 Å². The summed E-state index contributed by atoms with van der Waals surface area (Å²) in [4.78, 5) is 27.9. The predicted molar refractivity (Wildman–Crippen MR) is 141 cm³/mol. The molecule has 4 rings (SSSR count). The van der Waals surface area contributed by atoms with Crippen LogP contribution in [0, 0.1) is 5.41 Å². The number of likely N-dealkylation sites (tertiary alicyclic amines) is 1. The van der Waals surface area contributed by atoms with Gasteiger partial charge in [-0.3, -0.25) is 9.59 Å². The Morgan fingerprint density at radius 3 is 2.36 bits per heavy atom. The number of piperidine rings is 1. The summed E-state index contributed by atoms with van der Waals surface area (Å²) in [6.07, 6.45) is 0.537. The van der Waals surface area contributed by atoms with Crippen LogP contribution in [0.15, 0.2) is 71.1 Å². The van der Waals surface area contributed by atoms with E-state index in [0.29, 0.717) is 30.3 Å². The lowest BCUT2D eigenvalue weighted by Gasteiger charge is -2.51. The molecule has 2 heterocycles. The van der Waals surface area contributed by atoms with E-state index < -0.39 is 16.6 Å². The smallest absolute Gasteiger partial charge is 0.287 e. The lowest BCUT2D eigenvalue weighted by molar-refractivity contribution is -0.154. The van der Waals surface area contributed by atoms with Gasteiger partial charge in [-0.25, -0.2) is 0 Å². The van der Waals surface area contributed by atoms with Crippen molar-refractivity contribution in [2.45, 2.75) is 51.7 Å². The molecule has 6 nitrogen and oxygen atoms in total. The molecular formula is C29H33ClN2O4. The molecule has 1 aliphatic heterocycles. The fourth-order valence-electron chi connectivity index (χ4n) is 4.92. The molecular weight excluding hydrogens is 476 g/mol. The Morgan fingerprint density at radius 2 is 1.72 bits per heavy atom. The highest BCUT2D eigenvalue weighted by Crippen LogP contribution is 2.46. The first-order valence-corrected chi connectivity index (χ1v) is 12.5. The number of aliphatic hydroxyl groups is 1. The Morgan fingerprint density at radius 1 is 1.06 bits per heavy atom. The van der Waals surface area contributed by atoms with Gasteiger partial charge in [0.05, 0.1) is 5.60 Å². The van der Waals surface area contributed by atoms with E-state index in [1.54, 1.807) is 29.2 Å². The third-order valence-electron chi connectivity index (χ3n) is 7.06.